The fourth-order valence-corrected chi connectivity index (χ4v) is 4.07. The molecule has 0 saturated heterocycles. The second kappa shape index (κ2) is 13.8. The average Bonchev–Trinajstić information content (AvgIpc) is 2.71. The molecule has 0 aromatic heterocycles. The van der Waals surface area contributed by atoms with Crippen molar-refractivity contribution in [2.75, 3.05) is 6.61 Å². The van der Waals surface area contributed by atoms with E-state index in [2.05, 4.69) is 68.4 Å². The van der Waals surface area contributed by atoms with Gasteiger partial charge in [-0.15, -0.1) is 0 Å². The van der Waals surface area contributed by atoms with Gasteiger partial charge in [-0.25, -0.2) is 0 Å². The molecule has 0 radical (unpaired) electrons. The highest BCUT2D eigenvalue weighted by molar-refractivity contribution is 7.99. The molecule has 0 N–H and O–H groups in total. The molecule has 0 fully saturated rings. The van der Waals surface area contributed by atoms with Crippen molar-refractivity contribution in [3.8, 4) is 0 Å². The molecule has 1 nitrogen and oxygen atoms in total. The molecular formula is C25H36OS. The van der Waals surface area contributed by atoms with Crippen molar-refractivity contribution in [1.29, 1.82) is 0 Å². The molecular weight excluding hydrogens is 348 g/mol. The lowest BCUT2D eigenvalue weighted by molar-refractivity contribution is 0.0423. The van der Waals surface area contributed by atoms with E-state index < -0.39 is 0 Å². The molecule has 0 aliphatic heterocycles. The van der Waals surface area contributed by atoms with Gasteiger partial charge in [-0.3, -0.25) is 0 Å². The van der Waals surface area contributed by atoms with E-state index in [1.54, 1.807) is 0 Å². The maximum atomic E-state index is 6.29. The van der Waals surface area contributed by atoms with E-state index in [0.29, 0.717) is 0 Å². The number of ether oxygens (including phenoxy) is 1. The first-order chi connectivity index (χ1) is 13.3. The molecule has 27 heavy (non-hydrogen) atoms. The van der Waals surface area contributed by atoms with Gasteiger partial charge in [0.1, 0.15) is 0 Å². The topological polar surface area (TPSA) is 9.23 Å². The maximum Gasteiger partial charge on any atom is 0.0824 e. The molecule has 2 aromatic carbocycles. The molecule has 1 atom stereocenters. The average molecular weight is 385 g/mol. The summed E-state index contributed by atoms with van der Waals surface area (Å²) >= 11 is 1.82. The first-order valence-corrected chi connectivity index (χ1v) is 11.6. The molecule has 2 heteroatoms. The van der Waals surface area contributed by atoms with Crippen LogP contribution in [0.1, 0.15) is 83.3 Å². The number of unbranched alkanes of at least 4 members (excludes halogenated alkanes) is 6. The van der Waals surface area contributed by atoms with Gasteiger partial charge in [0.25, 0.3) is 0 Å². The van der Waals surface area contributed by atoms with Crippen molar-refractivity contribution in [1.82, 2.24) is 0 Å². The van der Waals surface area contributed by atoms with Gasteiger partial charge in [0.2, 0.25) is 0 Å². The second-order valence-electron chi connectivity index (χ2n) is 7.25. The zero-order valence-corrected chi connectivity index (χ0v) is 18.0. The summed E-state index contributed by atoms with van der Waals surface area (Å²) in [5.41, 5.74) is 1.33. The van der Waals surface area contributed by atoms with Crippen molar-refractivity contribution in [2.45, 2.75) is 87.5 Å². The van der Waals surface area contributed by atoms with Crippen LogP contribution in [0.5, 0.6) is 0 Å². The molecule has 0 aliphatic rings. The maximum absolute atomic E-state index is 6.29. The van der Waals surface area contributed by atoms with E-state index in [0.717, 1.165) is 13.0 Å². The van der Waals surface area contributed by atoms with Crippen molar-refractivity contribution in [2.24, 2.45) is 0 Å². The second-order valence-corrected chi connectivity index (χ2v) is 8.40. The van der Waals surface area contributed by atoms with E-state index in [4.69, 9.17) is 4.74 Å². The van der Waals surface area contributed by atoms with Gasteiger partial charge < -0.3 is 4.74 Å². The van der Waals surface area contributed by atoms with E-state index in [1.165, 1.54) is 66.7 Å². The largest absolute Gasteiger partial charge is 0.374 e. The van der Waals surface area contributed by atoms with Crippen LogP contribution in [-0.4, -0.2) is 6.61 Å². The third kappa shape index (κ3) is 8.99. The summed E-state index contributed by atoms with van der Waals surface area (Å²) in [4.78, 5) is 2.58. The summed E-state index contributed by atoms with van der Waals surface area (Å²) < 4.78 is 6.29. The highest BCUT2D eigenvalue weighted by Crippen LogP contribution is 2.30. The predicted molar refractivity (Wildman–Crippen MR) is 119 cm³/mol. The minimum atomic E-state index is 0.249. The lowest BCUT2D eigenvalue weighted by Crippen LogP contribution is -2.06. The number of hydrogen-bond acceptors (Lipinski definition) is 2. The van der Waals surface area contributed by atoms with Gasteiger partial charge in [-0.1, -0.05) is 101 Å². The third-order valence-electron chi connectivity index (χ3n) is 4.87. The van der Waals surface area contributed by atoms with Crippen LogP contribution in [0.25, 0.3) is 0 Å². The van der Waals surface area contributed by atoms with E-state index in [-0.39, 0.29) is 6.10 Å². The summed E-state index contributed by atoms with van der Waals surface area (Å²) in [6.07, 6.45) is 11.7. The molecule has 0 heterocycles. The smallest absolute Gasteiger partial charge is 0.0824 e. The van der Waals surface area contributed by atoms with Crippen LogP contribution in [0.15, 0.2) is 64.4 Å². The molecule has 0 aliphatic carbocycles. The van der Waals surface area contributed by atoms with Gasteiger partial charge in [-0.2, -0.15) is 0 Å². The zero-order chi connectivity index (χ0) is 19.2. The van der Waals surface area contributed by atoms with E-state index in [9.17, 15) is 0 Å². The van der Waals surface area contributed by atoms with Crippen LogP contribution in [0.2, 0.25) is 0 Å². The monoisotopic (exact) mass is 384 g/mol. The summed E-state index contributed by atoms with van der Waals surface area (Å²) in [6.45, 7) is 5.40. The lowest BCUT2D eigenvalue weighted by Gasteiger charge is -2.19. The molecule has 0 amide bonds. The number of hydrogen-bond donors (Lipinski definition) is 0. The molecule has 2 rings (SSSR count). The summed E-state index contributed by atoms with van der Waals surface area (Å²) in [6, 6.07) is 19.6. The van der Waals surface area contributed by atoms with E-state index in [1.807, 2.05) is 11.8 Å². The molecule has 0 saturated carbocycles. The first kappa shape index (κ1) is 22.0. The molecule has 148 valence electrons. The fourth-order valence-electron chi connectivity index (χ4n) is 3.23. The van der Waals surface area contributed by atoms with Crippen LogP contribution in [0, 0.1) is 0 Å². The van der Waals surface area contributed by atoms with Crippen LogP contribution < -0.4 is 0 Å². The molecule has 2 aromatic rings. The van der Waals surface area contributed by atoms with Gasteiger partial charge in [0.05, 0.1) is 6.10 Å². The number of rotatable bonds is 14. The van der Waals surface area contributed by atoms with Crippen molar-refractivity contribution < 1.29 is 4.74 Å². The number of benzene rings is 2. The van der Waals surface area contributed by atoms with Gasteiger partial charge in [0, 0.05) is 16.4 Å². The Balaban J connectivity index is 1.91. The van der Waals surface area contributed by atoms with Crippen molar-refractivity contribution >= 4 is 11.8 Å². The van der Waals surface area contributed by atoms with Gasteiger partial charge >= 0.3 is 0 Å². The van der Waals surface area contributed by atoms with Crippen molar-refractivity contribution in [3.05, 3.63) is 60.2 Å². The highest BCUT2D eigenvalue weighted by Gasteiger charge is 2.12. The predicted octanol–water partition coefficient (Wildman–Crippen LogP) is 8.45. The zero-order valence-electron chi connectivity index (χ0n) is 17.2. The summed E-state index contributed by atoms with van der Waals surface area (Å²) in [5, 5.41) is 0. The lowest BCUT2D eigenvalue weighted by atomic mass is 10.0. The SMILES string of the molecule is CCCCCCCC(OCCCCC)c1ccc(Sc2ccccc2)cc1. The Hall–Kier alpha value is -1.25. The summed E-state index contributed by atoms with van der Waals surface area (Å²) in [5.74, 6) is 0. The van der Waals surface area contributed by atoms with Crippen LogP contribution in [-0.2, 0) is 4.74 Å². The van der Waals surface area contributed by atoms with Gasteiger partial charge in [0.15, 0.2) is 0 Å². The quantitative estimate of drug-likeness (QED) is 0.302. The Bertz CT molecular complexity index is 593. The molecule has 0 spiro atoms. The molecule has 0 bridgehead atoms. The Labute approximate surface area is 170 Å². The minimum absolute atomic E-state index is 0.249. The molecule has 1 unspecified atom stereocenters. The van der Waals surface area contributed by atoms with Crippen LogP contribution in [0.4, 0.5) is 0 Å². The summed E-state index contributed by atoms with van der Waals surface area (Å²) in [7, 11) is 0. The van der Waals surface area contributed by atoms with Gasteiger partial charge in [-0.05, 0) is 42.7 Å². The Morgan fingerprint density at radius 2 is 1.33 bits per heavy atom. The Morgan fingerprint density at radius 3 is 2.04 bits per heavy atom. The standard InChI is InChI=1S/C25H36OS/c1-3-5-7-8-12-16-25(26-21-13-6-4-2)22-17-19-24(20-18-22)27-23-14-10-9-11-15-23/h9-11,14-15,17-20,25H,3-8,12-13,16,21H2,1-2H3. The third-order valence-corrected chi connectivity index (χ3v) is 5.88. The highest BCUT2D eigenvalue weighted by atomic mass is 32.2. The fraction of sp³-hybridized carbons (Fsp3) is 0.520. The Morgan fingerprint density at radius 1 is 0.704 bits per heavy atom. The van der Waals surface area contributed by atoms with Crippen LogP contribution in [0.3, 0.4) is 0 Å². The Kier molecular flexibility index (Phi) is 11.3. The van der Waals surface area contributed by atoms with E-state index >= 15 is 0 Å². The first-order valence-electron chi connectivity index (χ1n) is 10.8. The van der Waals surface area contributed by atoms with Crippen molar-refractivity contribution in [3.63, 3.8) is 0 Å². The minimum Gasteiger partial charge on any atom is -0.374 e. The normalized spacial score (nSPS) is 12.2. The van der Waals surface area contributed by atoms with Crippen LogP contribution >= 0.6 is 11.8 Å².